The normalized spacial score (nSPS) is 12.2. The highest BCUT2D eigenvalue weighted by molar-refractivity contribution is 6.31. The number of Topliss-reactive ketones (excluding diaryl/α,β-unsaturated/α-hetero) is 1. The molecular weight excluding hydrogens is 314 g/mol. The molecule has 0 N–H and O–H groups in total. The molecule has 0 fully saturated rings. The highest BCUT2D eigenvalue weighted by atomic mass is 35.5. The molecule has 0 amide bonds. The van der Waals surface area contributed by atoms with Crippen molar-refractivity contribution in [1.82, 2.24) is 0 Å². The summed E-state index contributed by atoms with van der Waals surface area (Å²) in [6.07, 6.45) is 3.60. The molecular formula is C18H16ClNO3. The van der Waals surface area contributed by atoms with Gasteiger partial charge in [-0.15, -0.1) is 0 Å². The maximum absolute atomic E-state index is 12.3. The quantitative estimate of drug-likeness (QED) is 0.426. The van der Waals surface area contributed by atoms with E-state index in [0.717, 1.165) is 5.56 Å². The van der Waals surface area contributed by atoms with Crippen LogP contribution in [-0.2, 0) is 0 Å². The van der Waals surface area contributed by atoms with Gasteiger partial charge < -0.3 is 0 Å². The van der Waals surface area contributed by atoms with Crippen molar-refractivity contribution in [3.05, 3.63) is 86.9 Å². The summed E-state index contributed by atoms with van der Waals surface area (Å²) in [6, 6.07) is 16.1. The largest absolute Gasteiger partial charge is 0.294 e. The first kappa shape index (κ1) is 16.9. The molecule has 0 bridgehead atoms. The Bertz CT molecular complexity index is 713. The zero-order chi connectivity index (χ0) is 16.7. The number of carbonyl (C=O) groups is 1. The number of rotatable bonds is 7. The summed E-state index contributed by atoms with van der Waals surface area (Å²) >= 11 is 5.88. The number of nitro groups is 1. The van der Waals surface area contributed by atoms with E-state index in [1.165, 1.54) is 0 Å². The van der Waals surface area contributed by atoms with Crippen LogP contribution in [0, 0.1) is 16.0 Å². The van der Waals surface area contributed by atoms with Crippen LogP contribution in [0.1, 0.15) is 22.3 Å². The van der Waals surface area contributed by atoms with Crippen LogP contribution in [-0.4, -0.2) is 17.3 Å². The van der Waals surface area contributed by atoms with Crippen LogP contribution in [0.4, 0.5) is 0 Å². The van der Waals surface area contributed by atoms with Crippen molar-refractivity contribution in [2.45, 2.75) is 6.42 Å². The van der Waals surface area contributed by atoms with Gasteiger partial charge in [-0.2, -0.15) is 0 Å². The number of carbonyl (C=O) groups excluding carboxylic acids is 1. The van der Waals surface area contributed by atoms with E-state index < -0.39 is 10.8 Å². The molecule has 0 aliphatic rings. The van der Waals surface area contributed by atoms with E-state index in [1.807, 2.05) is 30.3 Å². The van der Waals surface area contributed by atoms with E-state index in [1.54, 1.807) is 36.4 Å². The van der Waals surface area contributed by atoms with Crippen molar-refractivity contribution in [2.24, 2.45) is 5.92 Å². The summed E-state index contributed by atoms with van der Waals surface area (Å²) in [4.78, 5) is 22.7. The second-order valence-electron chi connectivity index (χ2n) is 5.18. The molecule has 2 aromatic rings. The molecule has 118 valence electrons. The van der Waals surface area contributed by atoms with Gasteiger partial charge in [-0.1, -0.05) is 66.2 Å². The molecule has 0 heterocycles. The van der Waals surface area contributed by atoms with Gasteiger partial charge in [0.05, 0.1) is 0 Å². The van der Waals surface area contributed by atoms with Crippen molar-refractivity contribution >= 4 is 23.5 Å². The monoisotopic (exact) mass is 329 g/mol. The zero-order valence-electron chi connectivity index (χ0n) is 12.4. The van der Waals surface area contributed by atoms with Crippen molar-refractivity contribution in [3.8, 4) is 0 Å². The van der Waals surface area contributed by atoms with Crippen LogP contribution in [0.5, 0.6) is 0 Å². The van der Waals surface area contributed by atoms with E-state index >= 15 is 0 Å². The van der Waals surface area contributed by atoms with E-state index in [4.69, 9.17) is 11.6 Å². The molecule has 0 aliphatic heterocycles. The van der Waals surface area contributed by atoms with Crippen LogP contribution in [0.3, 0.4) is 0 Å². The Morgan fingerprint density at radius 2 is 1.91 bits per heavy atom. The molecule has 0 radical (unpaired) electrons. The Balaban J connectivity index is 2.10. The van der Waals surface area contributed by atoms with Gasteiger partial charge >= 0.3 is 0 Å². The molecule has 5 heteroatoms. The molecule has 0 saturated carbocycles. The van der Waals surface area contributed by atoms with Gasteiger partial charge in [-0.3, -0.25) is 14.9 Å². The number of hydrogen-bond donors (Lipinski definition) is 0. The van der Waals surface area contributed by atoms with Crippen LogP contribution in [0.15, 0.2) is 60.7 Å². The zero-order valence-corrected chi connectivity index (χ0v) is 13.1. The first-order valence-corrected chi connectivity index (χ1v) is 7.56. The van der Waals surface area contributed by atoms with Crippen LogP contribution in [0.25, 0.3) is 6.08 Å². The molecule has 2 aromatic carbocycles. The topological polar surface area (TPSA) is 60.2 Å². The van der Waals surface area contributed by atoms with Crippen LogP contribution >= 0.6 is 11.6 Å². The predicted octanol–water partition coefficient (Wildman–Crippen LogP) is 4.52. The van der Waals surface area contributed by atoms with Gasteiger partial charge in [0.25, 0.3) is 0 Å². The van der Waals surface area contributed by atoms with E-state index in [0.29, 0.717) is 10.6 Å². The summed E-state index contributed by atoms with van der Waals surface area (Å²) in [6.45, 7) is -0.282. The molecule has 4 nitrogen and oxygen atoms in total. The number of benzene rings is 2. The lowest BCUT2D eigenvalue weighted by Crippen LogP contribution is -2.16. The highest BCUT2D eigenvalue weighted by Crippen LogP contribution is 2.17. The summed E-state index contributed by atoms with van der Waals surface area (Å²) in [7, 11) is 0. The highest BCUT2D eigenvalue weighted by Gasteiger charge is 2.18. The molecule has 0 unspecified atom stereocenters. The molecule has 0 aliphatic carbocycles. The third-order valence-electron chi connectivity index (χ3n) is 3.34. The number of nitrogens with zero attached hydrogens (tertiary/aromatic N) is 1. The second-order valence-corrected chi connectivity index (χ2v) is 5.62. The third-order valence-corrected chi connectivity index (χ3v) is 3.57. The van der Waals surface area contributed by atoms with Crippen molar-refractivity contribution in [1.29, 1.82) is 0 Å². The molecule has 0 spiro atoms. The maximum Gasteiger partial charge on any atom is 0.210 e. The fourth-order valence-electron chi connectivity index (χ4n) is 2.21. The van der Waals surface area contributed by atoms with Gasteiger partial charge in [-0.05, 0) is 17.7 Å². The fraction of sp³-hybridized carbons (Fsp3) is 0.167. The Kier molecular flexibility index (Phi) is 6.06. The minimum absolute atomic E-state index is 0.0741. The number of hydrogen-bond acceptors (Lipinski definition) is 3. The minimum atomic E-state index is -0.461. The summed E-state index contributed by atoms with van der Waals surface area (Å²) in [5.74, 6) is -0.617. The first-order valence-electron chi connectivity index (χ1n) is 7.18. The van der Waals surface area contributed by atoms with Gasteiger partial charge in [0.2, 0.25) is 6.54 Å². The molecule has 0 aromatic heterocycles. The predicted molar refractivity (Wildman–Crippen MR) is 91.2 cm³/mol. The fourth-order valence-corrected chi connectivity index (χ4v) is 2.40. The third kappa shape index (κ3) is 5.68. The second kappa shape index (κ2) is 8.25. The number of halogens is 1. The van der Waals surface area contributed by atoms with Crippen LogP contribution < -0.4 is 0 Å². The summed E-state index contributed by atoms with van der Waals surface area (Å²) in [5.41, 5.74) is 1.41. The molecule has 0 saturated heterocycles. The molecule has 2 rings (SSSR count). The van der Waals surface area contributed by atoms with E-state index in [2.05, 4.69) is 0 Å². The lowest BCUT2D eigenvalue weighted by molar-refractivity contribution is -0.485. The lowest BCUT2D eigenvalue weighted by Gasteiger charge is -2.08. The van der Waals surface area contributed by atoms with Gasteiger partial charge in [0.15, 0.2) is 5.78 Å². The minimum Gasteiger partial charge on any atom is -0.294 e. The average molecular weight is 330 g/mol. The Morgan fingerprint density at radius 3 is 2.57 bits per heavy atom. The van der Waals surface area contributed by atoms with Gasteiger partial charge in [0, 0.05) is 27.8 Å². The SMILES string of the molecule is O=C(C[C@@H](/C=C/c1ccccc1)C[N+](=O)[O-])c1cccc(Cl)c1. The molecule has 23 heavy (non-hydrogen) atoms. The summed E-state index contributed by atoms with van der Waals surface area (Å²) < 4.78 is 0. The Labute approximate surface area is 139 Å². The Hall–Kier alpha value is -2.46. The standard InChI is InChI=1S/C18H16ClNO3/c19-17-8-4-7-16(12-17)18(21)11-15(13-20(22)23)10-9-14-5-2-1-3-6-14/h1-10,12,15H,11,13H2/b10-9+/t15-/m1/s1. The van der Waals surface area contributed by atoms with Crippen molar-refractivity contribution in [2.75, 3.05) is 6.54 Å². The molecule has 1 atom stereocenters. The van der Waals surface area contributed by atoms with Crippen LogP contribution in [0.2, 0.25) is 5.02 Å². The Morgan fingerprint density at radius 1 is 1.17 bits per heavy atom. The van der Waals surface area contributed by atoms with Gasteiger partial charge in [0.1, 0.15) is 0 Å². The smallest absolute Gasteiger partial charge is 0.210 e. The average Bonchev–Trinajstić information content (AvgIpc) is 2.53. The van der Waals surface area contributed by atoms with Crippen molar-refractivity contribution < 1.29 is 9.72 Å². The van der Waals surface area contributed by atoms with Crippen molar-refractivity contribution in [3.63, 3.8) is 0 Å². The van der Waals surface area contributed by atoms with E-state index in [-0.39, 0.29) is 18.7 Å². The van der Waals surface area contributed by atoms with E-state index in [9.17, 15) is 14.9 Å². The summed E-state index contributed by atoms with van der Waals surface area (Å²) in [5, 5.41) is 11.3. The number of ketones is 1. The first-order chi connectivity index (χ1) is 11.0. The lowest BCUT2D eigenvalue weighted by atomic mass is 9.97. The maximum atomic E-state index is 12.3. The van der Waals surface area contributed by atoms with Gasteiger partial charge in [-0.25, -0.2) is 0 Å².